The van der Waals surface area contributed by atoms with Crippen LogP contribution in [0, 0.1) is 10.7 Å². The Kier molecular flexibility index (Phi) is 5.80. The van der Waals surface area contributed by atoms with E-state index in [0.717, 1.165) is 6.42 Å². The molecule has 2 aromatic rings. The van der Waals surface area contributed by atoms with Crippen LogP contribution in [0.25, 0.3) is 10.9 Å². The number of aromatic nitrogens is 2. The minimum Gasteiger partial charge on any atom is -0.388 e. The van der Waals surface area contributed by atoms with E-state index in [1.807, 2.05) is 20.8 Å². The number of rotatable bonds is 6. The van der Waals surface area contributed by atoms with Gasteiger partial charge in [0.15, 0.2) is 4.77 Å². The first kappa shape index (κ1) is 19.3. The molecule has 7 heteroatoms. The zero-order chi connectivity index (χ0) is 18.8. The van der Waals surface area contributed by atoms with Gasteiger partial charge in [-0.15, -0.1) is 0 Å². The first-order chi connectivity index (χ1) is 11.7. The maximum atomic E-state index is 12.4. The quantitative estimate of drug-likeness (QED) is 0.689. The SMILES string of the molecule is CC[C@H](C)[C@](C)(O)CNC(=O)c1ccc2c(=O)n(CC)c(=S)[nH]c2c1. The summed E-state index contributed by atoms with van der Waals surface area (Å²) in [5, 5.41) is 13.6. The van der Waals surface area contributed by atoms with Crippen LogP contribution < -0.4 is 10.9 Å². The lowest BCUT2D eigenvalue weighted by Crippen LogP contribution is -2.45. The maximum absolute atomic E-state index is 12.4. The van der Waals surface area contributed by atoms with Crippen LogP contribution in [-0.4, -0.2) is 32.7 Å². The predicted molar refractivity (Wildman–Crippen MR) is 101 cm³/mol. The molecule has 2 atom stereocenters. The fraction of sp³-hybridized carbons (Fsp3) is 0.500. The molecule has 0 fully saturated rings. The van der Waals surface area contributed by atoms with Crippen LogP contribution in [0.4, 0.5) is 0 Å². The Bertz CT molecular complexity index is 899. The highest BCUT2D eigenvalue weighted by atomic mass is 32.1. The smallest absolute Gasteiger partial charge is 0.262 e. The minimum absolute atomic E-state index is 0.0630. The Morgan fingerprint density at radius 3 is 2.72 bits per heavy atom. The second-order valence-corrected chi connectivity index (χ2v) is 6.98. The first-order valence-corrected chi connectivity index (χ1v) is 8.89. The number of aromatic amines is 1. The molecule has 1 heterocycles. The van der Waals surface area contributed by atoms with Crippen molar-refractivity contribution in [1.82, 2.24) is 14.9 Å². The number of hydrogen-bond donors (Lipinski definition) is 3. The summed E-state index contributed by atoms with van der Waals surface area (Å²) in [6, 6.07) is 4.84. The third-order valence-electron chi connectivity index (χ3n) is 4.84. The summed E-state index contributed by atoms with van der Waals surface area (Å²) in [6.07, 6.45) is 0.819. The number of amides is 1. The third kappa shape index (κ3) is 3.99. The molecule has 6 nitrogen and oxygen atoms in total. The van der Waals surface area contributed by atoms with Crippen LogP contribution in [0.15, 0.2) is 23.0 Å². The van der Waals surface area contributed by atoms with Crippen molar-refractivity contribution in [2.75, 3.05) is 6.54 Å². The third-order valence-corrected chi connectivity index (χ3v) is 5.16. The van der Waals surface area contributed by atoms with Gasteiger partial charge in [-0.05, 0) is 50.2 Å². The highest BCUT2D eigenvalue weighted by Gasteiger charge is 2.27. The summed E-state index contributed by atoms with van der Waals surface area (Å²) in [7, 11) is 0. The summed E-state index contributed by atoms with van der Waals surface area (Å²) in [5.41, 5.74) is -0.212. The lowest BCUT2D eigenvalue weighted by Gasteiger charge is -2.29. The average molecular weight is 363 g/mol. The number of nitrogens with zero attached hydrogens (tertiary/aromatic N) is 1. The summed E-state index contributed by atoms with van der Waals surface area (Å²) in [6.45, 7) is 8.15. The molecule has 0 radical (unpaired) electrons. The molecule has 1 amide bonds. The Morgan fingerprint density at radius 1 is 1.44 bits per heavy atom. The van der Waals surface area contributed by atoms with Gasteiger partial charge in [-0.3, -0.25) is 14.2 Å². The second-order valence-electron chi connectivity index (χ2n) is 6.59. The molecule has 0 unspecified atom stereocenters. The number of carbonyl (C=O) groups is 1. The second kappa shape index (κ2) is 7.49. The summed E-state index contributed by atoms with van der Waals surface area (Å²) in [5.74, 6) is -0.238. The van der Waals surface area contributed by atoms with E-state index in [-0.39, 0.29) is 23.9 Å². The van der Waals surface area contributed by atoms with Gasteiger partial charge in [-0.25, -0.2) is 0 Å². The van der Waals surface area contributed by atoms with Crippen molar-refractivity contribution in [3.05, 3.63) is 38.9 Å². The maximum Gasteiger partial charge on any atom is 0.262 e. The van der Waals surface area contributed by atoms with Gasteiger partial charge in [0.1, 0.15) is 0 Å². The normalized spacial score (nSPS) is 14.9. The molecule has 1 aromatic heterocycles. The molecule has 0 bridgehead atoms. The number of hydrogen-bond acceptors (Lipinski definition) is 4. The lowest BCUT2D eigenvalue weighted by atomic mass is 9.88. The van der Waals surface area contributed by atoms with Gasteiger partial charge in [0.2, 0.25) is 0 Å². The summed E-state index contributed by atoms with van der Waals surface area (Å²) < 4.78 is 1.80. The van der Waals surface area contributed by atoms with E-state index in [1.165, 1.54) is 4.57 Å². The van der Waals surface area contributed by atoms with Crippen molar-refractivity contribution in [2.24, 2.45) is 5.92 Å². The van der Waals surface area contributed by atoms with Crippen LogP contribution in [0.1, 0.15) is 44.5 Å². The monoisotopic (exact) mass is 363 g/mol. The molecule has 0 aliphatic heterocycles. The van der Waals surface area contributed by atoms with E-state index in [1.54, 1.807) is 25.1 Å². The number of fused-ring (bicyclic) bond motifs is 1. The highest BCUT2D eigenvalue weighted by molar-refractivity contribution is 7.71. The summed E-state index contributed by atoms with van der Waals surface area (Å²) >= 11 is 5.19. The number of nitrogens with one attached hydrogen (secondary N) is 2. The molecule has 0 aliphatic carbocycles. The Morgan fingerprint density at radius 2 is 2.12 bits per heavy atom. The Hall–Kier alpha value is -1.99. The molecular formula is C18H25N3O3S. The molecule has 0 saturated heterocycles. The van der Waals surface area contributed by atoms with E-state index in [4.69, 9.17) is 12.2 Å². The molecule has 0 saturated carbocycles. The van der Waals surface area contributed by atoms with Crippen LogP contribution in [-0.2, 0) is 6.54 Å². The molecule has 25 heavy (non-hydrogen) atoms. The molecule has 0 spiro atoms. The fourth-order valence-corrected chi connectivity index (χ4v) is 2.98. The van der Waals surface area contributed by atoms with Crippen molar-refractivity contribution in [2.45, 2.75) is 46.3 Å². The fourth-order valence-electron chi connectivity index (χ4n) is 2.66. The number of carbonyl (C=O) groups excluding carboxylic acids is 1. The van der Waals surface area contributed by atoms with Crippen molar-refractivity contribution in [1.29, 1.82) is 0 Å². The molecule has 1 aromatic carbocycles. The van der Waals surface area contributed by atoms with Gasteiger partial charge >= 0.3 is 0 Å². The number of benzene rings is 1. The number of H-pyrrole nitrogens is 1. The average Bonchev–Trinajstić information content (AvgIpc) is 2.58. The van der Waals surface area contributed by atoms with E-state index in [0.29, 0.717) is 27.8 Å². The van der Waals surface area contributed by atoms with Gasteiger partial charge in [0, 0.05) is 18.7 Å². The van der Waals surface area contributed by atoms with Gasteiger partial charge in [0.05, 0.1) is 16.5 Å². The van der Waals surface area contributed by atoms with E-state index >= 15 is 0 Å². The van der Waals surface area contributed by atoms with Crippen LogP contribution in [0.2, 0.25) is 0 Å². The minimum atomic E-state index is -0.976. The standard InChI is InChI=1S/C18H25N3O3S/c1-5-11(3)18(4,24)10-19-15(22)12-7-8-13-14(9-12)20-17(25)21(6-2)16(13)23/h7-9,11,24H,5-6,10H2,1-4H3,(H,19,22)(H,20,25)/t11-,18+/m0/s1. The molecular weight excluding hydrogens is 338 g/mol. The van der Waals surface area contributed by atoms with E-state index < -0.39 is 5.60 Å². The lowest BCUT2D eigenvalue weighted by molar-refractivity contribution is 0.00593. The summed E-state index contributed by atoms with van der Waals surface area (Å²) in [4.78, 5) is 27.8. The first-order valence-electron chi connectivity index (χ1n) is 8.48. The van der Waals surface area contributed by atoms with E-state index in [2.05, 4.69) is 10.3 Å². The molecule has 3 N–H and O–H groups in total. The van der Waals surface area contributed by atoms with Crippen LogP contribution >= 0.6 is 12.2 Å². The number of aliphatic hydroxyl groups is 1. The zero-order valence-electron chi connectivity index (χ0n) is 15.0. The van der Waals surface area contributed by atoms with Gasteiger partial charge in [-0.2, -0.15) is 0 Å². The topological polar surface area (TPSA) is 87.1 Å². The van der Waals surface area contributed by atoms with Crippen LogP contribution in [0.3, 0.4) is 0 Å². The van der Waals surface area contributed by atoms with Crippen molar-refractivity contribution >= 4 is 29.0 Å². The van der Waals surface area contributed by atoms with Gasteiger partial charge in [-0.1, -0.05) is 20.3 Å². The Balaban J connectivity index is 2.29. The molecule has 0 aliphatic rings. The van der Waals surface area contributed by atoms with Crippen molar-refractivity contribution in [3.8, 4) is 0 Å². The van der Waals surface area contributed by atoms with Crippen LogP contribution in [0.5, 0.6) is 0 Å². The molecule has 2 rings (SSSR count). The van der Waals surface area contributed by atoms with E-state index in [9.17, 15) is 14.7 Å². The van der Waals surface area contributed by atoms with Crippen molar-refractivity contribution < 1.29 is 9.90 Å². The Labute approximate surface area is 151 Å². The highest BCUT2D eigenvalue weighted by Crippen LogP contribution is 2.19. The largest absolute Gasteiger partial charge is 0.388 e. The van der Waals surface area contributed by atoms with Crippen molar-refractivity contribution in [3.63, 3.8) is 0 Å². The molecule has 136 valence electrons. The zero-order valence-corrected chi connectivity index (χ0v) is 15.9. The van der Waals surface area contributed by atoms with Gasteiger partial charge in [0.25, 0.3) is 11.5 Å². The predicted octanol–water partition coefficient (Wildman–Crippen LogP) is 2.61. The van der Waals surface area contributed by atoms with Gasteiger partial charge < -0.3 is 15.4 Å².